The van der Waals surface area contributed by atoms with Gasteiger partial charge in [-0.2, -0.15) is 0 Å². The predicted octanol–water partition coefficient (Wildman–Crippen LogP) is 0.507. The molecule has 0 bridgehead atoms. The average molecular weight is 214 g/mol. The summed E-state index contributed by atoms with van der Waals surface area (Å²) < 4.78 is 5.31. The number of ether oxygens (including phenoxy) is 1. The quantitative estimate of drug-likeness (QED) is 0.703. The highest BCUT2D eigenvalue weighted by Crippen LogP contribution is 2.19. The number of carbonyl (C=O) groups is 1. The van der Waals surface area contributed by atoms with Crippen LogP contribution in [-0.2, 0) is 4.74 Å². The van der Waals surface area contributed by atoms with Crippen LogP contribution in [0.4, 0.5) is 4.79 Å². The summed E-state index contributed by atoms with van der Waals surface area (Å²) in [5.41, 5.74) is 0. The van der Waals surface area contributed by atoms with E-state index in [0.29, 0.717) is 6.04 Å². The Morgan fingerprint density at radius 3 is 2.73 bits per heavy atom. The van der Waals surface area contributed by atoms with Crippen LogP contribution in [0.25, 0.3) is 0 Å². The van der Waals surface area contributed by atoms with E-state index in [-0.39, 0.29) is 6.04 Å². The van der Waals surface area contributed by atoms with Gasteiger partial charge in [-0.05, 0) is 19.3 Å². The van der Waals surface area contributed by atoms with Crippen molar-refractivity contribution in [2.45, 2.75) is 31.3 Å². The second-order valence-corrected chi connectivity index (χ2v) is 4.27. The lowest BCUT2D eigenvalue weighted by atomic mass is 10.1. The van der Waals surface area contributed by atoms with E-state index in [9.17, 15) is 4.79 Å². The molecular formula is C10H18N2O3. The lowest BCUT2D eigenvalue weighted by molar-refractivity contribution is 0.0416. The van der Waals surface area contributed by atoms with Crippen molar-refractivity contribution in [3.8, 4) is 0 Å². The van der Waals surface area contributed by atoms with Crippen molar-refractivity contribution >= 4 is 6.09 Å². The number of likely N-dealkylation sites (tertiary alicyclic amines) is 1. The molecule has 1 unspecified atom stereocenters. The molecule has 5 nitrogen and oxygen atoms in total. The molecule has 0 aromatic heterocycles. The third-order valence-corrected chi connectivity index (χ3v) is 3.25. The van der Waals surface area contributed by atoms with Crippen LogP contribution >= 0.6 is 0 Å². The third-order valence-electron chi connectivity index (χ3n) is 3.25. The highest BCUT2D eigenvalue weighted by molar-refractivity contribution is 5.64. The number of nitrogens with zero attached hydrogens (tertiary/aromatic N) is 1. The minimum atomic E-state index is -0.908. The normalized spacial score (nSPS) is 29.2. The molecule has 15 heavy (non-hydrogen) atoms. The van der Waals surface area contributed by atoms with Gasteiger partial charge >= 0.3 is 6.09 Å². The fourth-order valence-electron chi connectivity index (χ4n) is 2.46. The molecule has 2 heterocycles. The van der Waals surface area contributed by atoms with Gasteiger partial charge in [0.1, 0.15) is 0 Å². The molecule has 0 spiro atoms. The maximum absolute atomic E-state index is 10.5. The minimum absolute atomic E-state index is 0.116. The Kier molecular flexibility index (Phi) is 3.43. The Balaban J connectivity index is 1.78. The molecule has 0 radical (unpaired) electrons. The molecule has 2 saturated heterocycles. The first-order valence-corrected chi connectivity index (χ1v) is 5.57. The van der Waals surface area contributed by atoms with Crippen LogP contribution in [0.1, 0.15) is 19.3 Å². The van der Waals surface area contributed by atoms with Gasteiger partial charge in [-0.3, -0.25) is 4.90 Å². The van der Waals surface area contributed by atoms with Crippen LogP contribution in [0.5, 0.6) is 0 Å². The fraction of sp³-hybridized carbons (Fsp3) is 0.900. The Labute approximate surface area is 89.4 Å². The van der Waals surface area contributed by atoms with Gasteiger partial charge in [-0.15, -0.1) is 0 Å². The maximum atomic E-state index is 10.5. The van der Waals surface area contributed by atoms with Crippen LogP contribution in [0.2, 0.25) is 0 Å². The minimum Gasteiger partial charge on any atom is -0.465 e. The monoisotopic (exact) mass is 214 g/mol. The molecule has 0 aromatic carbocycles. The summed E-state index contributed by atoms with van der Waals surface area (Å²) >= 11 is 0. The summed E-state index contributed by atoms with van der Waals surface area (Å²) in [6.45, 7) is 3.56. The van der Waals surface area contributed by atoms with E-state index in [1.165, 1.54) is 0 Å². The second kappa shape index (κ2) is 4.81. The van der Waals surface area contributed by atoms with E-state index < -0.39 is 6.09 Å². The molecule has 0 aromatic rings. The van der Waals surface area contributed by atoms with Crippen molar-refractivity contribution in [1.82, 2.24) is 10.2 Å². The highest BCUT2D eigenvalue weighted by atomic mass is 16.5. The van der Waals surface area contributed by atoms with Gasteiger partial charge in [0.25, 0.3) is 0 Å². The van der Waals surface area contributed by atoms with Crippen molar-refractivity contribution < 1.29 is 14.6 Å². The standard InChI is InChI=1S/C10H18N2O3/c13-10(14)11-8-1-4-12(7-8)9-2-5-15-6-3-9/h8-9,11H,1-7H2,(H,13,14). The zero-order valence-electron chi connectivity index (χ0n) is 8.82. The molecule has 2 aliphatic heterocycles. The molecule has 0 aliphatic carbocycles. The van der Waals surface area contributed by atoms with E-state index in [2.05, 4.69) is 10.2 Å². The lowest BCUT2D eigenvalue weighted by Crippen LogP contribution is -2.41. The van der Waals surface area contributed by atoms with Gasteiger partial charge in [0, 0.05) is 38.4 Å². The van der Waals surface area contributed by atoms with Crippen LogP contribution in [0.15, 0.2) is 0 Å². The SMILES string of the molecule is O=C(O)NC1CCN(C2CCOCC2)C1. The highest BCUT2D eigenvalue weighted by Gasteiger charge is 2.29. The molecule has 2 fully saturated rings. The number of carboxylic acid groups (broad SMARTS) is 1. The summed E-state index contributed by atoms with van der Waals surface area (Å²) in [6.07, 6.45) is 2.19. The zero-order valence-corrected chi connectivity index (χ0v) is 8.82. The van der Waals surface area contributed by atoms with Gasteiger partial charge < -0.3 is 15.2 Å². The first-order chi connectivity index (χ1) is 7.25. The van der Waals surface area contributed by atoms with E-state index >= 15 is 0 Å². The smallest absolute Gasteiger partial charge is 0.404 e. The lowest BCUT2D eigenvalue weighted by Gasteiger charge is -2.30. The molecule has 1 atom stereocenters. The van der Waals surface area contributed by atoms with Crippen molar-refractivity contribution in [2.24, 2.45) is 0 Å². The first kappa shape index (κ1) is 10.7. The fourth-order valence-corrected chi connectivity index (χ4v) is 2.46. The largest absolute Gasteiger partial charge is 0.465 e. The Hall–Kier alpha value is -0.810. The van der Waals surface area contributed by atoms with Gasteiger partial charge in [-0.1, -0.05) is 0 Å². The second-order valence-electron chi connectivity index (χ2n) is 4.27. The van der Waals surface area contributed by atoms with Crippen molar-refractivity contribution in [2.75, 3.05) is 26.3 Å². The van der Waals surface area contributed by atoms with Gasteiger partial charge in [-0.25, -0.2) is 4.79 Å². The summed E-state index contributed by atoms with van der Waals surface area (Å²) in [5, 5.41) is 11.2. The molecule has 1 amide bonds. The van der Waals surface area contributed by atoms with E-state index in [1.54, 1.807) is 0 Å². The number of hydrogen-bond donors (Lipinski definition) is 2. The summed E-state index contributed by atoms with van der Waals surface area (Å²) in [5.74, 6) is 0. The van der Waals surface area contributed by atoms with Crippen molar-refractivity contribution in [3.05, 3.63) is 0 Å². The van der Waals surface area contributed by atoms with Crippen molar-refractivity contribution in [1.29, 1.82) is 0 Å². The molecule has 86 valence electrons. The Morgan fingerprint density at radius 2 is 2.07 bits per heavy atom. The van der Waals surface area contributed by atoms with E-state index in [0.717, 1.165) is 45.6 Å². The molecular weight excluding hydrogens is 196 g/mol. The molecule has 5 heteroatoms. The summed E-state index contributed by atoms with van der Waals surface area (Å²) in [6, 6.07) is 0.713. The van der Waals surface area contributed by atoms with Gasteiger partial charge in [0.15, 0.2) is 0 Å². The maximum Gasteiger partial charge on any atom is 0.404 e. The van der Waals surface area contributed by atoms with Crippen LogP contribution < -0.4 is 5.32 Å². The number of nitrogens with one attached hydrogen (secondary N) is 1. The molecule has 2 N–H and O–H groups in total. The van der Waals surface area contributed by atoms with Crippen LogP contribution in [0, 0.1) is 0 Å². The van der Waals surface area contributed by atoms with E-state index in [1.807, 2.05) is 0 Å². The summed E-state index contributed by atoms with van der Waals surface area (Å²) in [7, 11) is 0. The molecule has 0 saturated carbocycles. The number of hydrogen-bond acceptors (Lipinski definition) is 3. The average Bonchev–Trinajstić information content (AvgIpc) is 2.67. The third kappa shape index (κ3) is 2.82. The first-order valence-electron chi connectivity index (χ1n) is 5.57. The molecule has 2 rings (SSSR count). The van der Waals surface area contributed by atoms with E-state index in [4.69, 9.17) is 9.84 Å². The number of amides is 1. The molecule has 2 aliphatic rings. The zero-order chi connectivity index (χ0) is 10.7. The summed E-state index contributed by atoms with van der Waals surface area (Å²) in [4.78, 5) is 12.9. The number of rotatable bonds is 2. The van der Waals surface area contributed by atoms with Crippen molar-refractivity contribution in [3.63, 3.8) is 0 Å². The predicted molar refractivity (Wildman–Crippen MR) is 55.0 cm³/mol. The van der Waals surface area contributed by atoms with Crippen LogP contribution in [0.3, 0.4) is 0 Å². The Bertz CT molecular complexity index is 229. The Morgan fingerprint density at radius 1 is 1.33 bits per heavy atom. The van der Waals surface area contributed by atoms with Gasteiger partial charge in [0.05, 0.1) is 0 Å². The van der Waals surface area contributed by atoms with Crippen LogP contribution in [-0.4, -0.2) is 54.5 Å². The topological polar surface area (TPSA) is 61.8 Å². The van der Waals surface area contributed by atoms with Gasteiger partial charge in [0.2, 0.25) is 0 Å².